The van der Waals surface area contributed by atoms with Crippen molar-refractivity contribution in [2.24, 2.45) is 0 Å². The van der Waals surface area contributed by atoms with Gasteiger partial charge in [-0.15, -0.1) is 0 Å². The van der Waals surface area contributed by atoms with E-state index in [9.17, 15) is 15.2 Å². The molecule has 1 atom stereocenters. The molecule has 2 aromatic rings. The van der Waals surface area contributed by atoms with Crippen molar-refractivity contribution in [3.63, 3.8) is 0 Å². The molecule has 8 heteroatoms. The first kappa shape index (κ1) is 17.5. The van der Waals surface area contributed by atoms with E-state index in [1.54, 1.807) is 23.9 Å². The van der Waals surface area contributed by atoms with E-state index in [0.717, 1.165) is 27.5 Å². The summed E-state index contributed by atoms with van der Waals surface area (Å²) in [7, 11) is 0. The molecule has 0 saturated carbocycles. The lowest BCUT2D eigenvalue weighted by atomic mass is 10.0. The smallest absolute Gasteiger partial charge is 0.316 e. The number of halogens is 1. The van der Waals surface area contributed by atoms with Crippen LogP contribution in [0.3, 0.4) is 0 Å². The number of rotatable bonds is 3. The lowest BCUT2D eigenvalue weighted by Gasteiger charge is -2.24. The van der Waals surface area contributed by atoms with Crippen LogP contribution in [0.1, 0.15) is 12.0 Å². The fraction of sp³-hybridized carbons (Fsp3) is 0.278. The Labute approximate surface area is 163 Å². The molecule has 0 spiro atoms. The Morgan fingerprint density at radius 3 is 2.77 bits per heavy atom. The summed E-state index contributed by atoms with van der Waals surface area (Å²) in [5, 5.41) is 23.7. The van der Waals surface area contributed by atoms with Gasteiger partial charge in [0.1, 0.15) is 5.69 Å². The van der Waals surface area contributed by atoms with Crippen molar-refractivity contribution in [1.29, 1.82) is 0 Å². The molecule has 134 valence electrons. The Bertz CT molecular complexity index is 903. The number of amidine groups is 1. The van der Waals surface area contributed by atoms with Crippen molar-refractivity contribution < 1.29 is 14.6 Å². The van der Waals surface area contributed by atoms with E-state index >= 15 is 0 Å². The zero-order chi connectivity index (χ0) is 18.3. The van der Waals surface area contributed by atoms with Crippen LogP contribution >= 0.6 is 27.7 Å². The third kappa shape index (κ3) is 2.91. The summed E-state index contributed by atoms with van der Waals surface area (Å²) in [5.74, 6) is 0.990. The zero-order valence-electron chi connectivity index (χ0n) is 13.8. The Kier molecular flexibility index (Phi) is 4.50. The van der Waals surface area contributed by atoms with Crippen LogP contribution in [0.2, 0.25) is 0 Å². The number of hydrogen-bond donors (Lipinski definition) is 1. The second kappa shape index (κ2) is 6.68. The minimum Gasteiger partial charge on any atom is -0.346 e. The van der Waals surface area contributed by atoms with Crippen LogP contribution in [-0.4, -0.2) is 38.6 Å². The molecule has 1 unspecified atom stereocenters. The highest BCUT2D eigenvalue weighted by molar-refractivity contribution is 9.10. The average molecular weight is 435 g/mol. The number of nitro groups is 1. The zero-order valence-corrected chi connectivity index (χ0v) is 16.2. The Balaban J connectivity index is 1.80. The quantitative estimate of drug-likeness (QED) is 0.454. The molecule has 2 aliphatic heterocycles. The van der Waals surface area contributed by atoms with Crippen LogP contribution in [0.15, 0.2) is 53.0 Å². The second-order valence-corrected chi connectivity index (χ2v) is 8.30. The standard InChI is InChI=1S/C18H17BrN3O3S/c19-14-5-7-15(8-6-14)20-12-18(23,21-9-2-10-26-17(20)21)13-3-1-4-16(11-13)22(24)25/h1,3-8,11,23H,2,9-10,12H2/q+1. The Hall–Kier alpha value is -1.90. The minimum atomic E-state index is -1.29. The number of aliphatic hydroxyl groups is 1. The first-order valence-electron chi connectivity index (χ1n) is 8.27. The number of anilines is 1. The van der Waals surface area contributed by atoms with Gasteiger partial charge in [-0.2, -0.15) is 0 Å². The highest BCUT2D eigenvalue weighted by Gasteiger charge is 2.53. The van der Waals surface area contributed by atoms with Crippen molar-refractivity contribution in [2.45, 2.75) is 12.1 Å². The molecule has 2 aromatic carbocycles. The maximum absolute atomic E-state index is 11.6. The molecule has 2 aliphatic rings. The molecule has 0 fully saturated rings. The molecular weight excluding hydrogens is 418 g/mol. The van der Waals surface area contributed by atoms with E-state index in [4.69, 9.17) is 0 Å². The predicted molar refractivity (Wildman–Crippen MR) is 106 cm³/mol. The molecule has 2 heterocycles. The van der Waals surface area contributed by atoms with Crippen LogP contribution in [0.5, 0.6) is 0 Å². The monoisotopic (exact) mass is 434 g/mol. The average Bonchev–Trinajstić information content (AvgIpc) is 2.97. The number of nitro benzene ring substituents is 1. The summed E-state index contributed by atoms with van der Waals surface area (Å²) < 4.78 is 2.97. The van der Waals surface area contributed by atoms with E-state index in [1.807, 2.05) is 28.8 Å². The van der Waals surface area contributed by atoms with Crippen molar-refractivity contribution in [3.8, 4) is 0 Å². The summed E-state index contributed by atoms with van der Waals surface area (Å²) in [6, 6.07) is 14.3. The first-order valence-corrected chi connectivity index (χ1v) is 10.0. The van der Waals surface area contributed by atoms with Gasteiger partial charge in [0.2, 0.25) is 0 Å². The van der Waals surface area contributed by atoms with Gasteiger partial charge in [-0.1, -0.05) is 28.1 Å². The summed E-state index contributed by atoms with van der Waals surface area (Å²) >= 11 is 5.16. The number of β-amino-alcohol motifs (C(OH)–C–C–N with tert-alkyl or cyclic N) is 1. The summed E-state index contributed by atoms with van der Waals surface area (Å²) in [6.07, 6.45) is 0.958. The van der Waals surface area contributed by atoms with Crippen molar-refractivity contribution in [3.05, 3.63) is 68.7 Å². The van der Waals surface area contributed by atoms with Crippen LogP contribution in [0.4, 0.5) is 11.4 Å². The number of nitrogens with zero attached hydrogens (tertiary/aromatic N) is 3. The van der Waals surface area contributed by atoms with E-state index in [0.29, 0.717) is 18.7 Å². The van der Waals surface area contributed by atoms with Crippen molar-refractivity contribution in [2.75, 3.05) is 23.7 Å². The van der Waals surface area contributed by atoms with Gasteiger partial charge in [-0.05, 0) is 42.4 Å². The highest BCUT2D eigenvalue weighted by Crippen LogP contribution is 2.38. The molecule has 26 heavy (non-hydrogen) atoms. The van der Waals surface area contributed by atoms with E-state index in [1.165, 1.54) is 12.1 Å². The minimum absolute atomic E-state index is 0.00997. The van der Waals surface area contributed by atoms with Gasteiger partial charge in [0, 0.05) is 27.9 Å². The number of thioether (sulfide) groups is 1. The van der Waals surface area contributed by atoms with Gasteiger partial charge in [-0.3, -0.25) is 10.1 Å². The van der Waals surface area contributed by atoms with Gasteiger partial charge < -0.3 is 5.11 Å². The van der Waals surface area contributed by atoms with Gasteiger partial charge in [0.25, 0.3) is 11.4 Å². The Morgan fingerprint density at radius 2 is 2.04 bits per heavy atom. The molecule has 0 aliphatic carbocycles. The topological polar surface area (TPSA) is 69.6 Å². The fourth-order valence-electron chi connectivity index (χ4n) is 3.44. The molecule has 4 rings (SSSR count). The summed E-state index contributed by atoms with van der Waals surface area (Å²) in [4.78, 5) is 12.8. The lowest BCUT2D eigenvalue weighted by Crippen LogP contribution is -2.41. The van der Waals surface area contributed by atoms with Crippen LogP contribution < -0.4 is 4.90 Å². The van der Waals surface area contributed by atoms with Gasteiger partial charge in [-0.25, -0.2) is 9.48 Å². The van der Waals surface area contributed by atoms with E-state index in [-0.39, 0.29) is 5.69 Å². The summed E-state index contributed by atoms with van der Waals surface area (Å²) in [5.41, 5.74) is 0.237. The molecule has 0 saturated heterocycles. The SMILES string of the molecule is O=[N+]([O-])c1cccc(C2(O)CN(c3ccc(Br)cc3)C3=[N+]2CCCS3)c1. The van der Waals surface area contributed by atoms with E-state index < -0.39 is 10.6 Å². The maximum atomic E-state index is 11.6. The number of benzene rings is 2. The van der Waals surface area contributed by atoms with E-state index in [2.05, 4.69) is 20.8 Å². The fourth-order valence-corrected chi connectivity index (χ4v) is 4.88. The number of non-ortho nitro benzene ring substituents is 1. The third-order valence-electron chi connectivity index (χ3n) is 4.70. The van der Waals surface area contributed by atoms with Crippen LogP contribution in [-0.2, 0) is 5.72 Å². The van der Waals surface area contributed by atoms with Crippen molar-refractivity contribution in [1.82, 2.24) is 0 Å². The maximum Gasteiger partial charge on any atom is 0.316 e. The van der Waals surface area contributed by atoms with Gasteiger partial charge in [0.15, 0.2) is 6.54 Å². The summed E-state index contributed by atoms with van der Waals surface area (Å²) in [6.45, 7) is 1.05. The van der Waals surface area contributed by atoms with Gasteiger partial charge >= 0.3 is 5.17 Å². The normalized spacial score (nSPS) is 22.5. The molecule has 0 amide bonds. The second-order valence-electron chi connectivity index (χ2n) is 6.32. The molecule has 6 nitrogen and oxygen atoms in total. The van der Waals surface area contributed by atoms with Gasteiger partial charge in [0.05, 0.1) is 11.5 Å². The number of hydrogen-bond acceptors (Lipinski definition) is 5. The molecule has 1 N–H and O–H groups in total. The molecule has 0 bridgehead atoms. The largest absolute Gasteiger partial charge is 0.346 e. The van der Waals surface area contributed by atoms with Crippen molar-refractivity contribution >= 4 is 44.2 Å². The third-order valence-corrected chi connectivity index (χ3v) is 6.42. The molecular formula is C18H17BrN3O3S+. The Morgan fingerprint density at radius 1 is 1.27 bits per heavy atom. The highest BCUT2D eigenvalue weighted by atomic mass is 79.9. The van der Waals surface area contributed by atoms with Crippen LogP contribution in [0, 0.1) is 10.1 Å². The van der Waals surface area contributed by atoms with Crippen LogP contribution in [0.25, 0.3) is 0 Å². The first-order chi connectivity index (χ1) is 12.5. The molecule has 0 aromatic heterocycles. The predicted octanol–water partition coefficient (Wildman–Crippen LogP) is 3.53. The lowest BCUT2D eigenvalue weighted by molar-refractivity contribution is -0.656. The molecule has 0 radical (unpaired) electrons.